The Hall–Kier alpha value is -3.32. The molecule has 2 aromatic carbocycles. The fourth-order valence-electron chi connectivity index (χ4n) is 3.34. The van der Waals surface area contributed by atoms with Crippen LogP contribution in [-0.4, -0.2) is 56.6 Å². The van der Waals surface area contributed by atoms with E-state index in [-0.39, 0.29) is 18.3 Å². The molecule has 0 saturated carbocycles. The van der Waals surface area contributed by atoms with Crippen LogP contribution in [-0.2, 0) is 9.53 Å². The third-order valence-electron chi connectivity index (χ3n) is 4.90. The molecule has 0 spiro atoms. The van der Waals surface area contributed by atoms with Gasteiger partial charge in [0.2, 0.25) is 5.78 Å². The summed E-state index contributed by atoms with van der Waals surface area (Å²) in [6, 6.07) is 12.7. The molecule has 2 aliphatic heterocycles. The third-order valence-corrected chi connectivity index (χ3v) is 4.90. The Bertz CT molecular complexity index is 963. The molecule has 2 aromatic rings. The number of carbonyl (C=O) groups is 2. The van der Waals surface area contributed by atoms with E-state index in [4.69, 9.17) is 14.2 Å². The molecule has 1 saturated heterocycles. The molecule has 150 valence electrons. The Morgan fingerprint density at radius 3 is 2.72 bits per heavy atom. The first-order chi connectivity index (χ1) is 14.2. The molecule has 29 heavy (non-hydrogen) atoms. The van der Waals surface area contributed by atoms with Crippen molar-refractivity contribution in [3.05, 3.63) is 59.3 Å². The van der Waals surface area contributed by atoms with Crippen molar-refractivity contribution in [2.75, 3.05) is 45.3 Å². The highest BCUT2D eigenvalue weighted by atomic mass is 16.5. The lowest BCUT2D eigenvalue weighted by atomic mass is 10.1. The summed E-state index contributed by atoms with van der Waals surface area (Å²) in [6.45, 7) is 2.20. The van der Waals surface area contributed by atoms with Crippen molar-refractivity contribution < 1.29 is 23.8 Å². The molecule has 0 atom stereocenters. The van der Waals surface area contributed by atoms with Gasteiger partial charge >= 0.3 is 0 Å². The number of methoxy groups -OCH3 is 1. The van der Waals surface area contributed by atoms with Gasteiger partial charge in [0.25, 0.3) is 5.91 Å². The second kappa shape index (κ2) is 8.36. The topological polar surface area (TPSA) is 77.1 Å². The van der Waals surface area contributed by atoms with Crippen molar-refractivity contribution in [1.82, 2.24) is 4.90 Å². The van der Waals surface area contributed by atoms with Crippen LogP contribution in [0.4, 0.5) is 5.69 Å². The van der Waals surface area contributed by atoms with Crippen LogP contribution in [0, 0.1) is 0 Å². The van der Waals surface area contributed by atoms with E-state index in [1.165, 1.54) is 7.11 Å². The van der Waals surface area contributed by atoms with Gasteiger partial charge in [0, 0.05) is 24.3 Å². The second-order valence-electron chi connectivity index (χ2n) is 6.75. The summed E-state index contributed by atoms with van der Waals surface area (Å²) in [6.07, 6.45) is 1.77. The molecule has 0 radical (unpaired) electrons. The van der Waals surface area contributed by atoms with Crippen LogP contribution in [0.15, 0.2) is 48.2 Å². The van der Waals surface area contributed by atoms with E-state index in [0.29, 0.717) is 49.1 Å². The number of nitrogens with one attached hydrogen (secondary N) is 1. The minimum atomic E-state index is -0.0833. The first kappa shape index (κ1) is 19.0. The molecule has 7 heteroatoms. The molecule has 0 aliphatic carbocycles. The van der Waals surface area contributed by atoms with Gasteiger partial charge in [-0.15, -0.1) is 0 Å². The monoisotopic (exact) mass is 394 g/mol. The largest absolute Gasteiger partial charge is 0.493 e. The van der Waals surface area contributed by atoms with E-state index in [0.717, 1.165) is 11.3 Å². The molecular formula is C22H22N2O5. The summed E-state index contributed by atoms with van der Waals surface area (Å²) in [5.41, 5.74) is 2.76. The predicted molar refractivity (Wildman–Crippen MR) is 108 cm³/mol. The minimum Gasteiger partial charge on any atom is -0.493 e. The molecular weight excluding hydrogens is 372 g/mol. The lowest BCUT2D eigenvalue weighted by molar-refractivity contribution is -0.137. The maximum atomic E-state index is 12.5. The zero-order valence-electron chi connectivity index (χ0n) is 16.1. The van der Waals surface area contributed by atoms with Crippen molar-refractivity contribution in [3.63, 3.8) is 0 Å². The van der Waals surface area contributed by atoms with Gasteiger partial charge in [0.15, 0.2) is 18.1 Å². The van der Waals surface area contributed by atoms with Gasteiger partial charge in [-0.2, -0.15) is 0 Å². The van der Waals surface area contributed by atoms with Crippen molar-refractivity contribution >= 4 is 23.5 Å². The van der Waals surface area contributed by atoms with Gasteiger partial charge in [0.1, 0.15) is 0 Å². The van der Waals surface area contributed by atoms with Crippen molar-refractivity contribution in [1.29, 1.82) is 0 Å². The lowest BCUT2D eigenvalue weighted by Crippen LogP contribution is -2.43. The van der Waals surface area contributed by atoms with Gasteiger partial charge < -0.3 is 24.4 Å². The molecule has 0 bridgehead atoms. The number of morpholine rings is 1. The summed E-state index contributed by atoms with van der Waals surface area (Å²) in [5, 5.41) is 3.14. The zero-order valence-corrected chi connectivity index (χ0v) is 16.1. The minimum absolute atomic E-state index is 0.0454. The Labute approximate surface area is 168 Å². The summed E-state index contributed by atoms with van der Waals surface area (Å²) in [7, 11) is 1.54. The number of Topliss-reactive ketones (excluding diaryl/α,β-unsaturated/α-hetero) is 1. The summed E-state index contributed by atoms with van der Waals surface area (Å²) < 4.78 is 16.3. The van der Waals surface area contributed by atoms with Gasteiger partial charge in [-0.05, 0) is 35.9 Å². The highest BCUT2D eigenvalue weighted by Gasteiger charge is 2.24. The Balaban J connectivity index is 1.46. The first-order valence-electron chi connectivity index (χ1n) is 9.44. The van der Waals surface area contributed by atoms with Crippen LogP contribution in [0.1, 0.15) is 15.9 Å². The first-order valence-corrected chi connectivity index (χ1v) is 9.44. The zero-order chi connectivity index (χ0) is 20.2. The number of fused-ring (bicyclic) bond motifs is 1. The molecule has 2 heterocycles. The highest BCUT2D eigenvalue weighted by molar-refractivity contribution is 6.20. The van der Waals surface area contributed by atoms with Crippen LogP contribution in [0.3, 0.4) is 0 Å². The van der Waals surface area contributed by atoms with Crippen molar-refractivity contribution in [2.24, 2.45) is 0 Å². The Morgan fingerprint density at radius 1 is 1.17 bits per heavy atom. The average Bonchev–Trinajstić information content (AvgIpc) is 3.08. The number of ether oxygens (including phenoxy) is 3. The van der Waals surface area contributed by atoms with E-state index in [9.17, 15) is 9.59 Å². The summed E-state index contributed by atoms with van der Waals surface area (Å²) in [5.74, 6) is 0.846. The number of amides is 1. The predicted octanol–water partition coefficient (Wildman–Crippen LogP) is 2.58. The number of benzene rings is 2. The second-order valence-corrected chi connectivity index (χ2v) is 6.75. The van der Waals surface area contributed by atoms with E-state index in [2.05, 4.69) is 5.32 Å². The smallest absolute Gasteiger partial charge is 0.260 e. The van der Waals surface area contributed by atoms with Crippen LogP contribution in [0.25, 0.3) is 6.08 Å². The van der Waals surface area contributed by atoms with E-state index >= 15 is 0 Å². The number of hydrogen-bond acceptors (Lipinski definition) is 6. The Morgan fingerprint density at radius 2 is 1.97 bits per heavy atom. The Kier molecular flexibility index (Phi) is 5.48. The fourth-order valence-corrected chi connectivity index (χ4v) is 3.34. The van der Waals surface area contributed by atoms with E-state index in [1.807, 2.05) is 24.3 Å². The number of carbonyl (C=O) groups excluding carboxylic acids is 2. The lowest BCUT2D eigenvalue weighted by Gasteiger charge is -2.26. The summed E-state index contributed by atoms with van der Waals surface area (Å²) >= 11 is 0. The number of para-hydroxylation sites is 1. The van der Waals surface area contributed by atoms with Gasteiger partial charge in [-0.25, -0.2) is 0 Å². The molecule has 2 aliphatic rings. The number of rotatable bonds is 5. The molecule has 0 aromatic heterocycles. The molecule has 1 fully saturated rings. The van der Waals surface area contributed by atoms with Crippen LogP contribution < -0.4 is 14.8 Å². The average molecular weight is 394 g/mol. The van der Waals surface area contributed by atoms with Crippen LogP contribution in [0.2, 0.25) is 0 Å². The third kappa shape index (κ3) is 4.09. The van der Waals surface area contributed by atoms with Crippen LogP contribution in [0.5, 0.6) is 11.5 Å². The van der Waals surface area contributed by atoms with Gasteiger partial charge in [-0.3, -0.25) is 9.59 Å². The summed E-state index contributed by atoms with van der Waals surface area (Å²) in [4.78, 5) is 26.5. The van der Waals surface area contributed by atoms with Crippen molar-refractivity contribution in [3.8, 4) is 11.5 Å². The van der Waals surface area contributed by atoms with Gasteiger partial charge in [0.05, 0.1) is 26.0 Å². The van der Waals surface area contributed by atoms with Crippen LogP contribution >= 0.6 is 0 Å². The number of anilines is 1. The molecule has 1 N–H and O–H groups in total. The molecule has 4 rings (SSSR count). The quantitative estimate of drug-likeness (QED) is 0.786. The van der Waals surface area contributed by atoms with E-state index < -0.39 is 0 Å². The van der Waals surface area contributed by atoms with Gasteiger partial charge in [-0.1, -0.05) is 18.2 Å². The highest BCUT2D eigenvalue weighted by Crippen LogP contribution is 2.32. The van der Waals surface area contributed by atoms with Crippen molar-refractivity contribution in [2.45, 2.75) is 0 Å². The number of hydrogen-bond donors (Lipinski definition) is 1. The standard InChI is InChI=1S/C22H22N2O5/c1-27-20-13-15(12-18-22(26)16-4-2-3-5-17(16)23-18)6-7-19(20)29-14-21(25)24-8-10-28-11-9-24/h2-7,12-13,23H,8-11,14H2,1H3/b18-12-. The molecule has 7 nitrogen and oxygen atoms in total. The normalized spacial score (nSPS) is 17.1. The fraction of sp³-hybridized carbons (Fsp3) is 0.273. The SMILES string of the molecule is COc1cc(/C=C2\Nc3ccccc3C2=O)ccc1OCC(=O)N1CCOCC1. The number of nitrogens with zero attached hydrogens (tertiary/aromatic N) is 1. The maximum absolute atomic E-state index is 12.5. The molecule has 1 amide bonds. The molecule has 0 unspecified atom stereocenters. The number of ketones is 1. The number of allylic oxidation sites excluding steroid dienone is 1. The van der Waals surface area contributed by atoms with E-state index in [1.54, 1.807) is 29.2 Å². The maximum Gasteiger partial charge on any atom is 0.260 e.